The molecule has 6 heteroatoms. The van der Waals surface area contributed by atoms with E-state index in [-0.39, 0.29) is 12.3 Å². The Morgan fingerprint density at radius 3 is 2.74 bits per heavy atom. The average Bonchev–Trinajstić information content (AvgIpc) is 2.91. The summed E-state index contributed by atoms with van der Waals surface area (Å²) in [6.45, 7) is 2.52. The molecular weight excluding hydrogens is 296 g/mol. The molecule has 0 fully saturated rings. The number of benzene rings is 2. The van der Waals surface area contributed by atoms with Gasteiger partial charge in [0.2, 0.25) is 5.91 Å². The number of carbonyl (C=O) groups is 1. The third kappa shape index (κ3) is 3.42. The van der Waals surface area contributed by atoms with Crippen LogP contribution in [0.4, 0.5) is 5.69 Å². The van der Waals surface area contributed by atoms with Gasteiger partial charge in [-0.1, -0.05) is 18.2 Å². The van der Waals surface area contributed by atoms with Crippen LogP contribution in [0.15, 0.2) is 51.7 Å². The quantitative estimate of drug-likeness (QED) is 0.758. The summed E-state index contributed by atoms with van der Waals surface area (Å²) in [7, 11) is 0. The zero-order valence-electron chi connectivity index (χ0n) is 12.6. The molecular formula is C17H16N2O4. The fourth-order valence-electron chi connectivity index (χ4n) is 2.32. The third-order valence-corrected chi connectivity index (χ3v) is 3.32. The van der Waals surface area contributed by atoms with Crippen LogP contribution in [0, 0.1) is 0 Å². The van der Waals surface area contributed by atoms with Crippen molar-refractivity contribution in [3.8, 4) is 5.75 Å². The van der Waals surface area contributed by atoms with Gasteiger partial charge in [0.25, 0.3) is 0 Å². The molecule has 23 heavy (non-hydrogen) atoms. The fourth-order valence-corrected chi connectivity index (χ4v) is 2.32. The molecule has 0 radical (unpaired) electrons. The Bertz CT molecular complexity index is 877. The third-order valence-electron chi connectivity index (χ3n) is 3.32. The highest BCUT2D eigenvalue weighted by Crippen LogP contribution is 2.21. The maximum absolute atomic E-state index is 12.2. The van der Waals surface area contributed by atoms with E-state index in [0.29, 0.717) is 23.4 Å². The van der Waals surface area contributed by atoms with Crippen molar-refractivity contribution in [2.45, 2.75) is 13.3 Å². The van der Waals surface area contributed by atoms with Gasteiger partial charge in [0.15, 0.2) is 5.58 Å². The summed E-state index contributed by atoms with van der Waals surface area (Å²) in [6.07, 6.45) is 0.220. The van der Waals surface area contributed by atoms with E-state index in [4.69, 9.17) is 9.15 Å². The van der Waals surface area contributed by atoms with Gasteiger partial charge in [-0.25, -0.2) is 4.79 Å². The van der Waals surface area contributed by atoms with E-state index >= 15 is 0 Å². The number of rotatable bonds is 5. The minimum atomic E-state index is -0.548. The summed E-state index contributed by atoms with van der Waals surface area (Å²) in [5.74, 6) is 0.0363. The van der Waals surface area contributed by atoms with Gasteiger partial charge in [0.05, 0.1) is 24.2 Å². The number of carbonyl (C=O) groups excluding carboxylic acids is 1. The molecule has 0 saturated heterocycles. The molecule has 1 aromatic heterocycles. The number of para-hydroxylation sites is 1. The van der Waals surface area contributed by atoms with Crippen LogP contribution in [0.3, 0.4) is 0 Å². The number of aromatic nitrogens is 1. The van der Waals surface area contributed by atoms with Gasteiger partial charge < -0.3 is 14.5 Å². The Labute approximate surface area is 132 Å². The first kappa shape index (κ1) is 14.9. The van der Waals surface area contributed by atoms with Crippen LogP contribution in [-0.4, -0.2) is 17.5 Å². The molecule has 0 atom stereocenters. The van der Waals surface area contributed by atoms with Gasteiger partial charge in [0, 0.05) is 0 Å². The van der Waals surface area contributed by atoms with E-state index in [0.717, 1.165) is 11.3 Å². The summed E-state index contributed by atoms with van der Waals surface area (Å²) >= 11 is 0. The Kier molecular flexibility index (Phi) is 4.14. The van der Waals surface area contributed by atoms with Crippen molar-refractivity contribution >= 4 is 22.7 Å². The number of hydrogen-bond donors (Lipinski definition) is 2. The lowest BCUT2D eigenvalue weighted by atomic mass is 10.1. The number of nitrogens with one attached hydrogen (secondary N) is 2. The summed E-state index contributed by atoms with van der Waals surface area (Å²) in [5.41, 5.74) is 2.23. The van der Waals surface area contributed by atoms with E-state index in [1.54, 1.807) is 18.2 Å². The first-order valence-electron chi connectivity index (χ1n) is 7.29. The van der Waals surface area contributed by atoms with E-state index in [9.17, 15) is 9.59 Å². The topological polar surface area (TPSA) is 84.3 Å². The monoisotopic (exact) mass is 312 g/mol. The molecule has 0 unspecified atom stereocenters. The molecule has 0 aliphatic carbocycles. The average molecular weight is 312 g/mol. The van der Waals surface area contributed by atoms with E-state index in [1.807, 2.05) is 31.2 Å². The number of oxazole rings is 1. The Balaban J connectivity index is 1.72. The number of fused-ring (bicyclic) bond motifs is 1. The molecule has 0 aliphatic rings. The minimum Gasteiger partial charge on any atom is -0.494 e. The second-order valence-corrected chi connectivity index (χ2v) is 5.00. The van der Waals surface area contributed by atoms with Crippen molar-refractivity contribution in [1.82, 2.24) is 4.98 Å². The SMILES string of the molecule is CCOc1ccc(CC(=O)Nc2cccc3[nH]c(=O)oc23)cc1. The van der Waals surface area contributed by atoms with Crippen molar-refractivity contribution in [3.05, 3.63) is 58.6 Å². The van der Waals surface area contributed by atoms with Crippen molar-refractivity contribution < 1.29 is 13.9 Å². The Morgan fingerprint density at radius 1 is 1.22 bits per heavy atom. The van der Waals surface area contributed by atoms with Crippen molar-refractivity contribution in [2.75, 3.05) is 11.9 Å². The molecule has 6 nitrogen and oxygen atoms in total. The molecule has 1 heterocycles. The molecule has 0 saturated carbocycles. The summed E-state index contributed by atoms with van der Waals surface area (Å²) < 4.78 is 10.4. The first-order chi connectivity index (χ1) is 11.2. The highest BCUT2D eigenvalue weighted by Gasteiger charge is 2.10. The Hall–Kier alpha value is -3.02. The smallest absolute Gasteiger partial charge is 0.417 e. The van der Waals surface area contributed by atoms with Crippen LogP contribution in [-0.2, 0) is 11.2 Å². The van der Waals surface area contributed by atoms with Gasteiger partial charge in [-0.15, -0.1) is 0 Å². The number of hydrogen-bond acceptors (Lipinski definition) is 4. The van der Waals surface area contributed by atoms with Crippen LogP contribution < -0.4 is 15.8 Å². The Morgan fingerprint density at radius 2 is 2.00 bits per heavy atom. The van der Waals surface area contributed by atoms with Crippen LogP contribution >= 0.6 is 0 Å². The molecule has 2 N–H and O–H groups in total. The molecule has 0 bridgehead atoms. The van der Waals surface area contributed by atoms with E-state index < -0.39 is 5.76 Å². The standard InChI is InChI=1S/C17H16N2O4/c1-2-22-12-8-6-11(7-9-12)10-15(20)18-13-4-3-5-14-16(13)23-17(21)19-14/h3-9H,2,10H2,1H3,(H,18,20)(H,19,21). The van der Waals surface area contributed by atoms with Gasteiger partial charge >= 0.3 is 5.76 Å². The lowest BCUT2D eigenvalue weighted by Crippen LogP contribution is -2.14. The molecule has 3 aromatic rings. The second-order valence-electron chi connectivity index (χ2n) is 5.00. The lowest BCUT2D eigenvalue weighted by molar-refractivity contribution is -0.115. The van der Waals surface area contributed by atoms with Crippen LogP contribution in [0.2, 0.25) is 0 Å². The predicted octanol–water partition coefficient (Wildman–Crippen LogP) is 2.70. The lowest BCUT2D eigenvalue weighted by Gasteiger charge is -2.07. The highest BCUT2D eigenvalue weighted by molar-refractivity contribution is 5.99. The number of ether oxygens (including phenoxy) is 1. The number of H-pyrrole nitrogens is 1. The second kappa shape index (κ2) is 6.39. The largest absolute Gasteiger partial charge is 0.494 e. The highest BCUT2D eigenvalue weighted by atomic mass is 16.5. The van der Waals surface area contributed by atoms with Crippen molar-refractivity contribution in [3.63, 3.8) is 0 Å². The van der Waals surface area contributed by atoms with Crippen LogP contribution in [0.25, 0.3) is 11.1 Å². The zero-order chi connectivity index (χ0) is 16.2. The van der Waals surface area contributed by atoms with Crippen LogP contribution in [0.5, 0.6) is 5.75 Å². The number of amides is 1. The van der Waals surface area contributed by atoms with Gasteiger partial charge in [-0.2, -0.15) is 0 Å². The molecule has 0 spiro atoms. The summed E-state index contributed by atoms with van der Waals surface area (Å²) in [6, 6.07) is 12.5. The van der Waals surface area contributed by atoms with Gasteiger partial charge in [-0.3, -0.25) is 9.78 Å². The summed E-state index contributed by atoms with van der Waals surface area (Å²) in [4.78, 5) is 26.0. The fraction of sp³-hybridized carbons (Fsp3) is 0.176. The maximum atomic E-state index is 12.2. The molecule has 2 aromatic carbocycles. The molecule has 118 valence electrons. The van der Waals surface area contributed by atoms with Crippen molar-refractivity contribution in [1.29, 1.82) is 0 Å². The first-order valence-corrected chi connectivity index (χ1v) is 7.29. The molecule has 3 rings (SSSR count). The van der Waals surface area contributed by atoms with E-state index in [1.165, 1.54) is 0 Å². The van der Waals surface area contributed by atoms with Crippen LogP contribution in [0.1, 0.15) is 12.5 Å². The molecule has 0 aliphatic heterocycles. The number of aromatic amines is 1. The number of anilines is 1. The van der Waals surface area contributed by atoms with Gasteiger partial charge in [-0.05, 0) is 36.8 Å². The van der Waals surface area contributed by atoms with Crippen molar-refractivity contribution in [2.24, 2.45) is 0 Å². The minimum absolute atomic E-state index is 0.189. The maximum Gasteiger partial charge on any atom is 0.417 e. The van der Waals surface area contributed by atoms with E-state index in [2.05, 4.69) is 10.3 Å². The van der Waals surface area contributed by atoms with Gasteiger partial charge in [0.1, 0.15) is 5.75 Å². The predicted molar refractivity (Wildman–Crippen MR) is 86.8 cm³/mol. The normalized spacial score (nSPS) is 10.7. The molecule has 1 amide bonds. The zero-order valence-corrected chi connectivity index (χ0v) is 12.6. The summed E-state index contributed by atoms with van der Waals surface area (Å²) in [5, 5.41) is 2.76.